The van der Waals surface area contributed by atoms with E-state index in [4.69, 9.17) is 0 Å². The quantitative estimate of drug-likeness (QED) is 0.443. The highest BCUT2D eigenvalue weighted by Gasteiger charge is 2.38. The van der Waals surface area contributed by atoms with Gasteiger partial charge in [-0.05, 0) is 66.8 Å². The molecule has 0 saturated heterocycles. The summed E-state index contributed by atoms with van der Waals surface area (Å²) in [5.41, 5.74) is 0.927. The Morgan fingerprint density at radius 3 is 2.43 bits per heavy atom. The fraction of sp³-hybridized carbons (Fsp3) is 0.500. The van der Waals surface area contributed by atoms with Crippen LogP contribution in [0, 0.1) is 0 Å². The van der Waals surface area contributed by atoms with Crippen LogP contribution in [0.4, 0.5) is 0 Å². The van der Waals surface area contributed by atoms with Crippen molar-refractivity contribution in [3.8, 4) is 0 Å². The number of hydrogen-bond acceptors (Lipinski definition) is 3. The standard InChI is InChI=1S/C32H41N3O2/c36-30(18-11-23-34-21-9-2-10-22-34)35(29-16-7-8-17-29)31(32(37)33-28-14-3-1-4-15-28)27-20-19-25-12-5-6-13-26(25)24-27/h2,5-6,9-10,12-13,19-21,24,28-29,31H,1,3-4,7-8,11,14-18,22-23H2,(H,33,37). The molecule has 1 atom stereocenters. The van der Waals surface area contributed by atoms with Crippen LogP contribution in [0.3, 0.4) is 0 Å². The van der Waals surface area contributed by atoms with Gasteiger partial charge in [-0.25, -0.2) is 0 Å². The van der Waals surface area contributed by atoms with Gasteiger partial charge < -0.3 is 15.1 Å². The van der Waals surface area contributed by atoms with Crippen LogP contribution in [-0.2, 0) is 9.59 Å². The molecule has 37 heavy (non-hydrogen) atoms. The van der Waals surface area contributed by atoms with Crippen LogP contribution in [0.1, 0.15) is 82.2 Å². The van der Waals surface area contributed by atoms with Gasteiger partial charge in [-0.3, -0.25) is 9.59 Å². The third kappa shape index (κ3) is 6.44. The van der Waals surface area contributed by atoms with E-state index in [9.17, 15) is 9.59 Å². The Hall–Kier alpha value is -3.08. The van der Waals surface area contributed by atoms with Gasteiger partial charge >= 0.3 is 0 Å². The maximum absolute atomic E-state index is 14.0. The van der Waals surface area contributed by atoms with Crippen LogP contribution in [0.25, 0.3) is 10.8 Å². The highest BCUT2D eigenvalue weighted by Crippen LogP contribution is 2.34. The number of rotatable bonds is 9. The molecule has 1 unspecified atom stereocenters. The number of nitrogens with one attached hydrogen (secondary N) is 1. The first-order valence-corrected chi connectivity index (χ1v) is 14.4. The van der Waals surface area contributed by atoms with E-state index in [1.54, 1.807) is 0 Å². The van der Waals surface area contributed by atoms with E-state index in [1.807, 2.05) is 23.1 Å². The molecule has 2 aromatic rings. The Bertz CT molecular complexity index is 1130. The third-order valence-corrected chi connectivity index (χ3v) is 8.29. The van der Waals surface area contributed by atoms with Crippen molar-refractivity contribution in [2.75, 3.05) is 13.1 Å². The average Bonchev–Trinajstić information content (AvgIpc) is 3.47. The molecular formula is C32H41N3O2. The lowest BCUT2D eigenvalue weighted by Gasteiger charge is -2.37. The van der Waals surface area contributed by atoms with Crippen LogP contribution in [0.2, 0.25) is 0 Å². The monoisotopic (exact) mass is 499 g/mol. The first-order valence-electron chi connectivity index (χ1n) is 14.4. The fourth-order valence-electron chi connectivity index (χ4n) is 6.32. The Kier molecular flexibility index (Phi) is 8.60. The number of carbonyl (C=O) groups is 2. The molecule has 1 aliphatic heterocycles. The number of hydrogen-bond donors (Lipinski definition) is 1. The van der Waals surface area contributed by atoms with Gasteiger partial charge in [-0.1, -0.05) is 80.7 Å². The lowest BCUT2D eigenvalue weighted by Crippen LogP contribution is -2.50. The van der Waals surface area contributed by atoms with Gasteiger partial charge in [0.1, 0.15) is 6.04 Å². The minimum absolute atomic E-state index is 0.00784. The molecule has 1 heterocycles. The Morgan fingerprint density at radius 2 is 1.68 bits per heavy atom. The summed E-state index contributed by atoms with van der Waals surface area (Å²) in [6, 6.07) is 14.3. The molecule has 0 spiro atoms. The van der Waals surface area contributed by atoms with Crippen molar-refractivity contribution < 1.29 is 9.59 Å². The van der Waals surface area contributed by atoms with E-state index < -0.39 is 6.04 Å². The van der Waals surface area contributed by atoms with Crippen LogP contribution in [0.15, 0.2) is 66.9 Å². The SMILES string of the molecule is O=C(NC1CCCCC1)C(c1ccc2ccccc2c1)N(C(=O)CCCN1C=CC=CC1)C1CCCC1. The smallest absolute Gasteiger partial charge is 0.247 e. The zero-order chi connectivity index (χ0) is 25.5. The summed E-state index contributed by atoms with van der Waals surface area (Å²) in [5.74, 6) is 0.104. The molecule has 2 saturated carbocycles. The van der Waals surface area contributed by atoms with Gasteiger partial charge in [0.25, 0.3) is 0 Å². The molecule has 0 aromatic heterocycles. The van der Waals surface area contributed by atoms with Crippen LogP contribution in [0.5, 0.6) is 0 Å². The second kappa shape index (κ2) is 12.4. The summed E-state index contributed by atoms with van der Waals surface area (Å²) < 4.78 is 0. The van der Waals surface area contributed by atoms with Crippen molar-refractivity contribution in [1.29, 1.82) is 0 Å². The van der Waals surface area contributed by atoms with Crippen LogP contribution >= 0.6 is 0 Å². The summed E-state index contributed by atoms with van der Waals surface area (Å²) in [6.45, 7) is 1.74. The van der Waals surface area contributed by atoms with E-state index in [1.165, 1.54) is 6.42 Å². The lowest BCUT2D eigenvalue weighted by atomic mass is 9.93. The molecule has 196 valence electrons. The summed E-state index contributed by atoms with van der Waals surface area (Å²) in [5, 5.41) is 5.64. The predicted molar refractivity (Wildman–Crippen MR) is 150 cm³/mol. The second-order valence-corrected chi connectivity index (χ2v) is 11.0. The van der Waals surface area contributed by atoms with Crippen LogP contribution < -0.4 is 5.32 Å². The van der Waals surface area contributed by atoms with Crippen molar-refractivity contribution in [2.24, 2.45) is 0 Å². The first-order chi connectivity index (χ1) is 18.2. The normalized spacial score (nSPS) is 19.3. The molecule has 2 fully saturated rings. The molecule has 2 aliphatic carbocycles. The number of amides is 2. The topological polar surface area (TPSA) is 52.7 Å². The van der Waals surface area contributed by atoms with Crippen molar-refractivity contribution >= 4 is 22.6 Å². The van der Waals surface area contributed by atoms with Crippen molar-refractivity contribution in [2.45, 2.75) is 88.8 Å². The number of carbonyl (C=O) groups excluding carboxylic acids is 2. The molecule has 2 aromatic carbocycles. The summed E-state index contributed by atoms with van der Waals surface area (Å²) >= 11 is 0. The largest absolute Gasteiger partial charge is 0.374 e. The summed E-state index contributed by atoms with van der Waals surface area (Å²) in [7, 11) is 0. The number of benzene rings is 2. The molecule has 5 rings (SSSR count). The van der Waals surface area contributed by atoms with E-state index in [-0.39, 0.29) is 23.9 Å². The summed E-state index contributed by atoms with van der Waals surface area (Å²) in [6.07, 6.45) is 19.4. The van der Waals surface area contributed by atoms with Gasteiger partial charge in [0.15, 0.2) is 0 Å². The highest BCUT2D eigenvalue weighted by atomic mass is 16.2. The Balaban J connectivity index is 1.41. The minimum Gasteiger partial charge on any atom is -0.374 e. The Labute approximate surface area is 221 Å². The van der Waals surface area contributed by atoms with E-state index in [2.05, 4.69) is 58.9 Å². The van der Waals surface area contributed by atoms with E-state index in [0.29, 0.717) is 6.42 Å². The number of nitrogens with zero attached hydrogens (tertiary/aromatic N) is 2. The van der Waals surface area contributed by atoms with Crippen LogP contribution in [-0.4, -0.2) is 46.8 Å². The molecule has 5 heteroatoms. The fourth-order valence-corrected chi connectivity index (χ4v) is 6.32. The molecule has 0 bridgehead atoms. The third-order valence-electron chi connectivity index (χ3n) is 8.29. The molecular weight excluding hydrogens is 458 g/mol. The molecule has 1 N–H and O–H groups in total. The molecule has 5 nitrogen and oxygen atoms in total. The maximum atomic E-state index is 14.0. The van der Waals surface area contributed by atoms with E-state index in [0.717, 1.165) is 87.2 Å². The predicted octanol–water partition coefficient (Wildman–Crippen LogP) is 6.27. The van der Waals surface area contributed by atoms with Gasteiger partial charge in [-0.15, -0.1) is 0 Å². The van der Waals surface area contributed by atoms with Gasteiger partial charge in [0.05, 0.1) is 0 Å². The average molecular weight is 500 g/mol. The van der Waals surface area contributed by atoms with Gasteiger partial charge in [-0.2, -0.15) is 0 Å². The zero-order valence-electron chi connectivity index (χ0n) is 22.0. The maximum Gasteiger partial charge on any atom is 0.247 e. The van der Waals surface area contributed by atoms with Gasteiger partial charge in [0.2, 0.25) is 11.8 Å². The Morgan fingerprint density at radius 1 is 0.919 bits per heavy atom. The van der Waals surface area contributed by atoms with Crippen molar-refractivity contribution in [1.82, 2.24) is 15.1 Å². The number of fused-ring (bicyclic) bond motifs is 1. The van der Waals surface area contributed by atoms with Crippen molar-refractivity contribution in [3.63, 3.8) is 0 Å². The van der Waals surface area contributed by atoms with Gasteiger partial charge in [0, 0.05) is 31.6 Å². The van der Waals surface area contributed by atoms with E-state index >= 15 is 0 Å². The number of allylic oxidation sites excluding steroid dienone is 2. The summed E-state index contributed by atoms with van der Waals surface area (Å²) in [4.78, 5) is 32.2. The highest BCUT2D eigenvalue weighted by molar-refractivity contribution is 5.91. The molecule has 2 amide bonds. The molecule has 3 aliphatic rings. The zero-order valence-corrected chi connectivity index (χ0v) is 22.0. The van der Waals surface area contributed by atoms with Crippen molar-refractivity contribution in [3.05, 3.63) is 72.5 Å². The second-order valence-electron chi connectivity index (χ2n) is 11.0. The minimum atomic E-state index is -0.583. The lowest BCUT2D eigenvalue weighted by molar-refractivity contribution is -0.144. The molecule has 0 radical (unpaired) electrons. The first kappa shape index (κ1) is 25.6.